The van der Waals surface area contributed by atoms with E-state index in [0.717, 1.165) is 19.0 Å². The van der Waals surface area contributed by atoms with Gasteiger partial charge in [0.2, 0.25) is 0 Å². The van der Waals surface area contributed by atoms with Crippen LogP contribution in [0, 0.1) is 0 Å². The maximum absolute atomic E-state index is 5.81. The average Bonchev–Trinajstić information content (AvgIpc) is 2.52. The molecule has 0 radical (unpaired) electrons. The molecule has 0 saturated carbocycles. The third-order valence-electron chi connectivity index (χ3n) is 3.62. The molecule has 120 valence electrons. The lowest BCUT2D eigenvalue weighted by atomic mass is 10.1. The van der Waals surface area contributed by atoms with Gasteiger partial charge >= 0.3 is 0 Å². The van der Waals surface area contributed by atoms with Gasteiger partial charge in [-0.2, -0.15) is 0 Å². The molecule has 0 saturated heterocycles. The van der Waals surface area contributed by atoms with E-state index in [2.05, 4.69) is 24.4 Å². The summed E-state index contributed by atoms with van der Waals surface area (Å²) in [6, 6.07) is 8.51. The Morgan fingerprint density at radius 1 is 1.00 bits per heavy atom. The summed E-state index contributed by atoms with van der Waals surface area (Å²) in [5.74, 6) is 0.924. The Balaban J connectivity index is 2.27. The lowest BCUT2D eigenvalue weighted by Crippen LogP contribution is -2.22. The topological polar surface area (TPSA) is 30.5 Å². The van der Waals surface area contributed by atoms with Crippen LogP contribution in [-0.4, -0.2) is 26.9 Å². The smallest absolute Gasteiger partial charge is 0.119 e. The molecule has 3 heteroatoms. The third-order valence-corrected chi connectivity index (χ3v) is 3.62. The molecule has 21 heavy (non-hydrogen) atoms. The third kappa shape index (κ3) is 7.49. The molecule has 1 aromatic rings. The van der Waals surface area contributed by atoms with Crippen LogP contribution in [0.25, 0.3) is 0 Å². The minimum Gasteiger partial charge on any atom is -0.494 e. The molecule has 3 nitrogen and oxygen atoms in total. The van der Waals surface area contributed by atoms with Crippen molar-refractivity contribution in [1.29, 1.82) is 0 Å². The quantitative estimate of drug-likeness (QED) is 0.582. The van der Waals surface area contributed by atoms with Gasteiger partial charge in [0.15, 0.2) is 0 Å². The Kier molecular flexibility index (Phi) is 9.92. The lowest BCUT2D eigenvalue weighted by Gasteiger charge is -2.17. The van der Waals surface area contributed by atoms with Crippen molar-refractivity contribution in [2.45, 2.75) is 52.0 Å². The van der Waals surface area contributed by atoms with Gasteiger partial charge in [-0.3, -0.25) is 0 Å². The van der Waals surface area contributed by atoms with Crippen LogP contribution in [0.5, 0.6) is 5.75 Å². The molecular formula is C18H31NO2. The van der Waals surface area contributed by atoms with Crippen LogP contribution in [0.4, 0.5) is 0 Å². The predicted octanol–water partition coefficient (Wildman–Crippen LogP) is 4.33. The number of nitrogens with one attached hydrogen (secondary N) is 1. The molecule has 1 N–H and O–H groups in total. The Hall–Kier alpha value is -1.06. The minimum absolute atomic E-state index is 0.247. The first-order chi connectivity index (χ1) is 10.3. The molecule has 1 atom stereocenters. The summed E-state index contributed by atoms with van der Waals surface area (Å²) in [6.45, 7) is 6.52. The van der Waals surface area contributed by atoms with Gasteiger partial charge in [-0.05, 0) is 38.1 Å². The van der Waals surface area contributed by atoms with Crippen molar-refractivity contribution >= 4 is 0 Å². The molecule has 0 aliphatic heterocycles. The fourth-order valence-electron chi connectivity index (χ4n) is 2.32. The van der Waals surface area contributed by atoms with Gasteiger partial charge in [0.05, 0.1) is 19.3 Å². The van der Waals surface area contributed by atoms with Crippen LogP contribution in [0.2, 0.25) is 0 Å². The van der Waals surface area contributed by atoms with Crippen LogP contribution in [0.15, 0.2) is 24.3 Å². The summed E-state index contributed by atoms with van der Waals surface area (Å²) < 4.78 is 11.3. The first kappa shape index (κ1) is 18.0. The van der Waals surface area contributed by atoms with Gasteiger partial charge in [0, 0.05) is 6.61 Å². The van der Waals surface area contributed by atoms with E-state index in [1.165, 1.54) is 37.7 Å². The van der Waals surface area contributed by atoms with E-state index in [9.17, 15) is 0 Å². The van der Waals surface area contributed by atoms with Crippen LogP contribution >= 0.6 is 0 Å². The molecule has 1 unspecified atom stereocenters. The van der Waals surface area contributed by atoms with Crippen molar-refractivity contribution in [1.82, 2.24) is 5.32 Å². The molecule has 0 heterocycles. The highest BCUT2D eigenvalue weighted by molar-refractivity contribution is 5.29. The summed E-state index contributed by atoms with van der Waals surface area (Å²) >= 11 is 0. The number of benzene rings is 1. The maximum Gasteiger partial charge on any atom is 0.119 e. The number of ether oxygens (including phenoxy) is 2. The van der Waals surface area contributed by atoms with E-state index in [-0.39, 0.29) is 6.04 Å². The molecule has 0 aliphatic carbocycles. The summed E-state index contributed by atoms with van der Waals surface area (Å²) in [5.41, 5.74) is 1.24. The molecule has 1 aromatic carbocycles. The van der Waals surface area contributed by atoms with Gasteiger partial charge in [0.1, 0.15) is 5.75 Å². The predicted molar refractivity (Wildman–Crippen MR) is 89.0 cm³/mol. The largest absolute Gasteiger partial charge is 0.494 e. The molecule has 0 fully saturated rings. The zero-order valence-corrected chi connectivity index (χ0v) is 13.9. The van der Waals surface area contributed by atoms with Gasteiger partial charge in [0.25, 0.3) is 0 Å². The minimum atomic E-state index is 0.247. The highest BCUT2D eigenvalue weighted by atomic mass is 16.5. The van der Waals surface area contributed by atoms with E-state index in [1.807, 2.05) is 26.1 Å². The standard InChI is InChI=1S/C18H31NO2/c1-4-6-7-8-9-14-20-15-18(19-3)16-10-12-17(13-11-16)21-5-2/h10-13,18-19H,4-9,14-15H2,1-3H3. The average molecular weight is 293 g/mol. The Labute approximate surface area is 130 Å². The number of hydrogen-bond acceptors (Lipinski definition) is 3. The number of unbranched alkanes of at least 4 members (excludes halogenated alkanes) is 4. The fraction of sp³-hybridized carbons (Fsp3) is 0.667. The van der Waals surface area contributed by atoms with Gasteiger partial charge in [-0.1, -0.05) is 44.7 Å². The second-order valence-electron chi connectivity index (χ2n) is 5.33. The van der Waals surface area contributed by atoms with Crippen molar-refractivity contribution in [2.75, 3.05) is 26.9 Å². The zero-order valence-electron chi connectivity index (χ0n) is 13.9. The number of likely N-dealkylation sites (N-methyl/N-ethyl adjacent to an activating group) is 1. The molecule has 1 rings (SSSR count). The van der Waals surface area contributed by atoms with Crippen LogP contribution < -0.4 is 10.1 Å². The summed E-state index contributed by atoms with van der Waals surface area (Å²) in [6.07, 6.45) is 6.40. The van der Waals surface area contributed by atoms with Gasteiger partial charge < -0.3 is 14.8 Å². The first-order valence-corrected chi connectivity index (χ1v) is 8.29. The first-order valence-electron chi connectivity index (χ1n) is 8.29. The second kappa shape index (κ2) is 11.6. The Bertz CT molecular complexity index is 351. The van der Waals surface area contributed by atoms with Crippen molar-refractivity contribution in [3.63, 3.8) is 0 Å². The van der Waals surface area contributed by atoms with Gasteiger partial charge in [-0.15, -0.1) is 0 Å². The van der Waals surface area contributed by atoms with Crippen molar-refractivity contribution in [3.05, 3.63) is 29.8 Å². The normalized spacial score (nSPS) is 12.3. The second-order valence-corrected chi connectivity index (χ2v) is 5.33. The van der Waals surface area contributed by atoms with Crippen LogP contribution in [-0.2, 0) is 4.74 Å². The molecule has 0 spiro atoms. The highest BCUT2D eigenvalue weighted by Crippen LogP contribution is 2.18. The summed E-state index contributed by atoms with van der Waals surface area (Å²) in [4.78, 5) is 0. The van der Waals surface area contributed by atoms with Crippen molar-refractivity contribution in [2.24, 2.45) is 0 Å². The van der Waals surface area contributed by atoms with Crippen molar-refractivity contribution < 1.29 is 9.47 Å². The van der Waals surface area contributed by atoms with E-state index >= 15 is 0 Å². The van der Waals surface area contributed by atoms with E-state index < -0.39 is 0 Å². The van der Waals surface area contributed by atoms with E-state index in [4.69, 9.17) is 9.47 Å². The molecule has 0 aromatic heterocycles. The Morgan fingerprint density at radius 3 is 2.33 bits per heavy atom. The summed E-state index contributed by atoms with van der Waals surface area (Å²) in [7, 11) is 1.98. The highest BCUT2D eigenvalue weighted by Gasteiger charge is 2.09. The number of rotatable bonds is 12. The monoisotopic (exact) mass is 293 g/mol. The number of hydrogen-bond donors (Lipinski definition) is 1. The van der Waals surface area contributed by atoms with E-state index in [0.29, 0.717) is 6.61 Å². The van der Waals surface area contributed by atoms with Gasteiger partial charge in [-0.25, -0.2) is 0 Å². The molecule has 0 amide bonds. The SMILES string of the molecule is CCCCCCCOCC(NC)c1ccc(OCC)cc1. The van der Waals surface area contributed by atoms with Crippen molar-refractivity contribution in [3.8, 4) is 5.75 Å². The van der Waals surface area contributed by atoms with E-state index in [1.54, 1.807) is 0 Å². The molecule has 0 aliphatic rings. The lowest BCUT2D eigenvalue weighted by molar-refractivity contribution is 0.110. The summed E-state index contributed by atoms with van der Waals surface area (Å²) in [5, 5.41) is 3.32. The molecular weight excluding hydrogens is 262 g/mol. The van der Waals surface area contributed by atoms with Crippen LogP contribution in [0.1, 0.15) is 57.6 Å². The maximum atomic E-state index is 5.81. The Morgan fingerprint density at radius 2 is 1.71 bits per heavy atom. The molecule has 0 bridgehead atoms. The fourth-order valence-corrected chi connectivity index (χ4v) is 2.32. The van der Waals surface area contributed by atoms with Crippen LogP contribution in [0.3, 0.4) is 0 Å². The zero-order chi connectivity index (χ0) is 15.3.